The standard InChI is InChI=1S/C20H24N2O5/c1-2-26-17(23)11-21-18(24)15-9-13-8-7-12(15)10-20(13)22-19(25)14-5-3-4-6-16(14)27-20/h3-6,12-13,15H,2,7-11H2,1H3,(H,21,24)(H,22,25)/t12-,13+,15-,20-/m0/s1. The van der Waals surface area contributed by atoms with E-state index in [1.54, 1.807) is 13.0 Å². The molecule has 2 amide bonds. The molecular weight excluding hydrogens is 348 g/mol. The molecule has 3 aliphatic carbocycles. The Bertz CT molecular complexity index is 779. The summed E-state index contributed by atoms with van der Waals surface area (Å²) in [6.45, 7) is 1.92. The topological polar surface area (TPSA) is 93.7 Å². The Labute approximate surface area is 157 Å². The Kier molecular flexibility index (Phi) is 4.53. The van der Waals surface area contributed by atoms with Crippen LogP contribution in [0.3, 0.4) is 0 Å². The van der Waals surface area contributed by atoms with E-state index in [1.807, 2.05) is 18.2 Å². The molecule has 0 radical (unpaired) electrons. The molecule has 1 aromatic rings. The van der Waals surface area contributed by atoms with Crippen LogP contribution in [0.25, 0.3) is 0 Å². The van der Waals surface area contributed by atoms with Crippen molar-refractivity contribution in [2.45, 2.75) is 38.3 Å². The van der Waals surface area contributed by atoms with E-state index in [0.717, 1.165) is 12.8 Å². The van der Waals surface area contributed by atoms with Gasteiger partial charge in [-0.25, -0.2) is 0 Å². The number of carbonyl (C=O) groups is 3. The Balaban J connectivity index is 1.46. The number of hydrogen-bond donors (Lipinski definition) is 2. The maximum Gasteiger partial charge on any atom is 0.325 e. The van der Waals surface area contributed by atoms with Crippen molar-refractivity contribution in [1.29, 1.82) is 0 Å². The van der Waals surface area contributed by atoms with Gasteiger partial charge in [-0.2, -0.15) is 0 Å². The van der Waals surface area contributed by atoms with Crippen LogP contribution in [-0.4, -0.2) is 36.7 Å². The van der Waals surface area contributed by atoms with E-state index in [4.69, 9.17) is 9.47 Å². The molecule has 5 rings (SSSR count). The van der Waals surface area contributed by atoms with Gasteiger partial charge in [-0.05, 0) is 44.2 Å². The fraction of sp³-hybridized carbons (Fsp3) is 0.550. The van der Waals surface area contributed by atoms with E-state index in [2.05, 4.69) is 10.6 Å². The van der Waals surface area contributed by atoms with Gasteiger partial charge in [0.05, 0.1) is 12.2 Å². The first-order valence-corrected chi connectivity index (χ1v) is 9.56. The molecular formula is C20H24N2O5. The van der Waals surface area contributed by atoms with E-state index in [9.17, 15) is 14.4 Å². The molecule has 4 atom stereocenters. The monoisotopic (exact) mass is 372 g/mol. The summed E-state index contributed by atoms with van der Waals surface area (Å²) in [5.74, 6) is -0.0369. The summed E-state index contributed by atoms with van der Waals surface area (Å²) in [5, 5.41) is 5.77. The molecule has 7 heteroatoms. The molecule has 0 saturated heterocycles. The lowest BCUT2D eigenvalue weighted by Gasteiger charge is -2.55. The lowest BCUT2D eigenvalue weighted by atomic mass is 9.60. The van der Waals surface area contributed by atoms with E-state index in [-0.39, 0.29) is 36.1 Å². The van der Waals surface area contributed by atoms with Gasteiger partial charge in [0.15, 0.2) is 5.72 Å². The number of carbonyl (C=O) groups excluding carboxylic acids is 3. The Morgan fingerprint density at radius 3 is 2.89 bits per heavy atom. The van der Waals surface area contributed by atoms with Crippen molar-refractivity contribution in [3.8, 4) is 5.75 Å². The summed E-state index contributed by atoms with van der Waals surface area (Å²) in [5.41, 5.74) is -0.181. The smallest absolute Gasteiger partial charge is 0.325 e. The fourth-order valence-electron chi connectivity index (χ4n) is 4.78. The molecule has 1 aliphatic heterocycles. The highest BCUT2D eigenvalue weighted by Crippen LogP contribution is 2.52. The minimum absolute atomic E-state index is 0.0677. The average molecular weight is 372 g/mol. The van der Waals surface area contributed by atoms with E-state index in [1.165, 1.54) is 0 Å². The van der Waals surface area contributed by atoms with Crippen molar-refractivity contribution in [3.63, 3.8) is 0 Å². The summed E-state index contributed by atoms with van der Waals surface area (Å²) in [6.07, 6.45) is 3.08. The van der Waals surface area contributed by atoms with Crippen molar-refractivity contribution in [1.82, 2.24) is 10.6 Å². The summed E-state index contributed by atoms with van der Waals surface area (Å²) in [7, 11) is 0. The second kappa shape index (κ2) is 6.87. The highest BCUT2D eigenvalue weighted by atomic mass is 16.5. The van der Waals surface area contributed by atoms with Crippen LogP contribution in [0.2, 0.25) is 0 Å². The molecule has 4 aliphatic rings. The molecule has 0 unspecified atom stereocenters. The molecule has 3 fully saturated rings. The third-order valence-electron chi connectivity index (χ3n) is 6.02. The Morgan fingerprint density at radius 1 is 1.33 bits per heavy atom. The summed E-state index contributed by atoms with van der Waals surface area (Å²) in [4.78, 5) is 36.6. The zero-order valence-corrected chi connectivity index (χ0v) is 15.3. The number of para-hydroxylation sites is 1. The quantitative estimate of drug-likeness (QED) is 0.784. The largest absolute Gasteiger partial charge is 0.467 e. The normalized spacial score (nSPS) is 30.9. The first kappa shape index (κ1) is 17.8. The van der Waals surface area contributed by atoms with E-state index >= 15 is 0 Å². The Morgan fingerprint density at radius 2 is 2.15 bits per heavy atom. The number of nitrogens with one attached hydrogen (secondary N) is 2. The SMILES string of the molecule is CCOC(=O)CNC(=O)[C@H]1C[C@H]2CC[C@H]1C[C@@]21NC(=O)c2ccccc2O1. The highest BCUT2D eigenvalue weighted by molar-refractivity contribution is 5.98. The van der Waals surface area contributed by atoms with Gasteiger partial charge in [-0.3, -0.25) is 14.4 Å². The number of rotatable bonds is 4. The average Bonchev–Trinajstić information content (AvgIpc) is 2.66. The van der Waals surface area contributed by atoms with Gasteiger partial charge in [-0.1, -0.05) is 12.1 Å². The van der Waals surface area contributed by atoms with Crippen molar-refractivity contribution >= 4 is 17.8 Å². The third-order valence-corrected chi connectivity index (χ3v) is 6.02. The van der Waals surface area contributed by atoms with Crippen molar-refractivity contribution in [2.75, 3.05) is 13.2 Å². The number of benzene rings is 1. The van der Waals surface area contributed by atoms with Crippen LogP contribution in [0.4, 0.5) is 0 Å². The lowest BCUT2D eigenvalue weighted by Crippen LogP contribution is -2.67. The summed E-state index contributed by atoms with van der Waals surface area (Å²) >= 11 is 0. The van der Waals surface area contributed by atoms with Crippen LogP contribution in [0, 0.1) is 17.8 Å². The molecule has 27 heavy (non-hydrogen) atoms. The molecule has 2 N–H and O–H groups in total. The third kappa shape index (κ3) is 3.15. The molecule has 3 saturated carbocycles. The molecule has 1 heterocycles. The Hall–Kier alpha value is -2.57. The minimum atomic E-state index is -0.730. The first-order valence-electron chi connectivity index (χ1n) is 9.56. The van der Waals surface area contributed by atoms with Crippen molar-refractivity contribution < 1.29 is 23.9 Å². The predicted octanol–water partition coefficient (Wildman–Crippen LogP) is 1.62. The zero-order valence-electron chi connectivity index (χ0n) is 15.3. The molecule has 1 spiro atoms. The fourth-order valence-corrected chi connectivity index (χ4v) is 4.78. The van der Waals surface area contributed by atoms with Crippen LogP contribution in [0.15, 0.2) is 24.3 Å². The predicted molar refractivity (Wildman–Crippen MR) is 95.8 cm³/mol. The van der Waals surface area contributed by atoms with Crippen LogP contribution >= 0.6 is 0 Å². The zero-order chi connectivity index (χ0) is 19.0. The minimum Gasteiger partial charge on any atom is -0.467 e. The molecule has 7 nitrogen and oxygen atoms in total. The first-order chi connectivity index (χ1) is 13.0. The van der Waals surface area contributed by atoms with E-state index in [0.29, 0.717) is 30.8 Å². The molecule has 1 aromatic carbocycles. The van der Waals surface area contributed by atoms with Gasteiger partial charge in [-0.15, -0.1) is 0 Å². The van der Waals surface area contributed by atoms with Gasteiger partial charge in [0.25, 0.3) is 5.91 Å². The van der Waals surface area contributed by atoms with Crippen LogP contribution in [0.1, 0.15) is 43.0 Å². The number of esters is 1. The van der Waals surface area contributed by atoms with Gasteiger partial charge in [0.2, 0.25) is 5.91 Å². The highest BCUT2D eigenvalue weighted by Gasteiger charge is 2.57. The van der Waals surface area contributed by atoms with Gasteiger partial charge < -0.3 is 20.1 Å². The van der Waals surface area contributed by atoms with E-state index < -0.39 is 11.7 Å². The maximum absolute atomic E-state index is 12.6. The number of ether oxygens (including phenoxy) is 2. The van der Waals surface area contributed by atoms with Crippen molar-refractivity contribution in [2.24, 2.45) is 17.8 Å². The van der Waals surface area contributed by atoms with Gasteiger partial charge in [0.1, 0.15) is 12.3 Å². The second-order valence-electron chi connectivity index (χ2n) is 7.55. The molecule has 0 aromatic heterocycles. The van der Waals surface area contributed by atoms with Crippen LogP contribution in [0.5, 0.6) is 5.75 Å². The second-order valence-corrected chi connectivity index (χ2v) is 7.55. The van der Waals surface area contributed by atoms with Crippen molar-refractivity contribution in [3.05, 3.63) is 29.8 Å². The maximum atomic E-state index is 12.6. The lowest BCUT2D eigenvalue weighted by molar-refractivity contribution is -0.150. The van der Waals surface area contributed by atoms with Gasteiger partial charge in [0, 0.05) is 18.3 Å². The van der Waals surface area contributed by atoms with Crippen LogP contribution in [-0.2, 0) is 14.3 Å². The van der Waals surface area contributed by atoms with Gasteiger partial charge >= 0.3 is 5.97 Å². The number of hydrogen-bond acceptors (Lipinski definition) is 5. The number of amides is 2. The summed E-state index contributed by atoms with van der Waals surface area (Å²) < 4.78 is 11.1. The molecule has 2 bridgehead atoms. The molecule has 144 valence electrons. The van der Waals surface area contributed by atoms with Crippen LogP contribution < -0.4 is 15.4 Å². The summed E-state index contributed by atoms with van der Waals surface area (Å²) in [6, 6.07) is 7.25. The number of fused-ring (bicyclic) bond motifs is 3.